The first-order valence-electron chi connectivity index (χ1n) is 10.4. The molecule has 26 heavy (non-hydrogen) atoms. The van der Waals surface area contributed by atoms with E-state index in [1.807, 2.05) is 19.1 Å². The average Bonchev–Trinajstić information content (AvgIpc) is 2.62. The number of anilines is 1. The van der Waals surface area contributed by atoms with Crippen LogP contribution in [0.15, 0.2) is 18.2 Å². The summed E-state index contributed by atoms with van der Waals surface area (Å²) >= 11 is 6.09. The topological polar surface area (TPSA) is 43.2 Å². The fraction of sp³-hybridized carbons (Fsp3) is 0.682. The zero-order valence-corrected chi connectivity index (χ0v) is 17.4. The van der Waals surface area contributed by atoms with Gasteiger partial charge in [0, 0.05) is 18.7 Å². The van der Waals surface area contributed by atoms with E-state index in [2.05, 4.69) is 17.6 Å². The van der Waals surface area contributed by atoms with E-state index >= 15 is 0 Å². The van der Waals surface area contributed by atoms with E-state index in [1.54, 1.807) is 6.07 Å². The number of rotatable bonds is 15. The largest absolute Gasteiger partial charge is 0.326 e. The molecule has 0 saturated carbocycles. The molecule has 0 spiro atoms. The highest BCUT2D eigenvalue weighted by Gasteiger charge is 2.06. The number of carbonyl (C=O) groups is 1. The molecular weight excluding hydrogens is 344 g/mol. The van der Waals surface area contributed by atoms with Gasteiger partial charge >= 0.3 is 0 Å². The van der Waals surface area contributed by atoms with Crippen molar-refractivity contribution in [2.45, 2.75) is 90.9 Å². The van der Waals surface area contributed by atoms with Crippen LogP contribution in [0.3, 0.4) is 0 Å². The third-order valence-electron chi connectivity index (χ3n) is 4.57. The molecule has 1 aromatic carbocycles. The first-order chi connectivity index (χ1) is 12.7. The molecule has 0 unspecified atom stereocenters. The maximum Gasteiger partial charge on any atom is 0.224 e. The molecule has 1 aromatic rings. The highest BCUT2D eigenvalue weighted by Crippen LogP contribution is 2.25. The Labute approximate surface area is 165 Å². The van der Waals surface area contributed by atoms with Crippen LogP contribution in [0.25, 0.3) is 0 Å². The van der Waals surface area contributed by atoms with Crippen LogP contribution in [0.1, 0.15) is 90.9 Å². The zero-order chi connectivity index (χ0) is 19.0. The number of hydrogen-bond acceptors (Lipinski definition) is 1. The molecule has 3 nitrogen and oxygen atoms in total. The van der Waals surface area contributed by atoms with Crippen LogP contribution in [0.5, 0.6) is 0 Å². The first-order valence-corrected chi connectivity index (χ1v) is 10.8. The minimum Gasteiger partial charge on any atom is -0.326 e. The Balaban J connectivity index is 2.06. The van der Waals surface area contributed by atoms with Crippen molar-refractivity contribution in [3.63, 3.8) is 0 Å². The fourth-order valence-corrected chi connectivity index (χ4v) is 3.23. The van der Waals surface area contributed by atoms with Gasteiger partial charge in [-0.05, 0) is 31.5 Å². The number of nitrogens with one attached hydrogen (secondary N) is 1. The van der Waals surface area contributed by atoms with Crippen LogP contribution in [-0.2, 0) is 4.79 Å². The standard InChI is InChI=1S/C22H36ClN2O/c1-3-5-6-7-8-9-10-11-12-13-14-15-22(26)25-19-16-17-20(23)21(18-19)24-4-2/h16-18H,3-15H2,1-2H3,(H,25,26). The molecular formula is C22H36ClN2O. The van der Waals surface area contributed by atoms with Crippen LogP contribution in [-0.4, -0.2) is 12.5 Å². The fourth-order valence-electron chi connectivity index (χ4n) is 3.06. The van der Waals surface area contributed by atoms with Gasteiger partial charge in [-0.3, -0.25) is 10.1 Å². The van der Waals surface area contributed by atoms with E-state index in [9.17, 15) is 4.79 Å². The van der Waals surface area contributed by atoms with Gasteiger partial charge in [0.15, 0.2) is 0 Å². The van der Waals surface area contributed by atoms with Gasteiger partial charge in [0.2, 0.25) is 5.91 Å². The minimum absolute atomic E-state index is 0.0747. The summed E-state index contributed by atoms with van der Waals surface area (Å²) in [5.41, 5.74) is 1.51. The van der Waals surface area contributed by atoms with Crippen molar-refractivity contribution in [2.75, 3.05) is 11.9 Å². The van der Waals surface area contributed by atoms with Crippen molar-refractivity contribution in [2.24, 2.45) is 0 Å². The normalized spacial score (nSPS) is 10.7. The molecule has 147 valence electrons. The lowest BCUT2D eigenvalue weighted by molar-refractivity contribution is -0.116. The quantitative estimate of drug-likeness (QED) is 0.321. The van der Waals surface area contributed by atoms with E-state index in [-0.39, 0.29) is 5.91 Å². The van der Waals surface area contributed by atoms with E-state index in [0.29, 0.717) is 18.0 Å². The highest BCUT2D eigenvalue weighted by atomic mass is 35.5. The third-order valence-corrected chi connectivity index (χ3v) is 4.89. The van der Waals surface area contributed by atoms with Crippen LogP contribution in [0.4, 0.5) is 11.4 Å². The molecule has 0 aromatic heterocycles. The van der Waals surface area contributed by atoms with Crippen LogP contribution < -0.4 is 10.6 Å². The molecule has 1 radical (unpaired) electrons. The molecule has 0 aliphatic carbocycles. The van der Waals surface area contributed by atoms with Gasteiger partial charge < -0.3 is 5.32 Å². The van der Waals surface area contributed by atoms with E-state index in [4.69, 9.17) is 11.6 Å². The highest BCUT2D eigenvalue weighted by molar-refractivity contribution is 6.33. The molecule has 1 rings (SSSR count). The molecule has 1 N–H and O–H groups in total. The van der Waals surface area contributed by atoms with Crippen molar-refractivity contribution in [3.05, 3.63) is 23.2 Å². The Morgan fingerprint density at radius 3 is 2.08 bits per heavy atom. The Morgan fingerprint density at radius 2 is 1.50 bits per heavy atom. The number of nitrogens with zero attached hydrogens (tertiary/aromatic N) is 1. The maximum absolute atomic E-state index is 12.1. The van der Waals surface area contributed by atoms with Crippen LogP contribution >= 0.6 is 11.6 Å². The number of amides is 1. The second-order valence-electron chi connectivity index (χ2n) is 6.97. The number of halogens is 1. The Morgan fingerprint density at radius 1 is 0.923 bits per heavy atom. The zero-order valence-electron chi connectivity index (χ0n) is 16.7. The number of carbonyl (C=O) groups excluding carboxylic acids is 1. The molecule has 0 heterocycles. The van der Waals surface area contributed by atoms with Crippen molar-refractivity contribution in [1.29, 1.82) is 0 Å². The lowest BCUT2D eigenvalue weighted by Crippen LogP contribution is -2.11. The molecule has 0 atom stereocenters. The summed E-state index contributed by atoms with van der Waals surface area (Å²) in [5, 5.41) is 7.89. The summed E-state index contributed by atoms with van der Waals surface area (Å²) in [4.78, 5) is 12.1. The van der Waals surface area contributed by atoms with E-state index in [1.165, 1.54) is 57.8 Å². The van der Waals surface area contributed by atoms with Gasteiger partial charge in [-0.25, -0.2) is 0 Å². The van der Waals surface area contributed by atoms with Gasteiger partial charge in [-0.1, -0.05) is 82.7 Å². The van der Waals surface area contributed by atoms with Gasteiger partial charge in [-0.2, -0.15) is 0 Å². The predicted octanol–water partition coefficient (Wildman–Crippen LogP) is 7.24. The smallest absolute Gasteiger partial charge is 0.224 e. The van der Waals surface area contributed by atoms with Gasteiger partial charge in [-0.15, -0.1) is 0 Å². The van der Waals surface area contributed by atoms with Crippen molar-refractivity contribution >= 4 is 28.9 Å². The average molecular weight is 380 g/mol. The molecule has 4 heteroatoms. The number of unbranched alkanes of at least 4 members (excludes halogenated alkanes) is 10. The van der Waals surface area contributed by atoms with Crippen LogP contribution in [0, 0.1) is 0 Å². The summed E-state index contributed by atoms with van der Waals surface area (Å²) in [6.45, 7) is 4.90. The monoisotopic (exact) mass is 379 g/mol. The third kappa shape index (κ3) is 10.7. The molecule has 0 fully saturated rings. The van der Waals surface area contributed by atoms with Gasteiger partial charge in [0.05, 0.1) is 10.7 Å². The summed E-state index contributed by atoms with van der Waals surface area (Å²) in [5.74, 6) is 0.0747. The van der Waals surface area contributed by atoms with Crippen molar-refractivity contribution in [3.8, 4) is 0 Å². The lowest BCUT2D eigenvalue weighted by Gasteiger charge is -2.09. The second-order valence-corrected chi connectivity index (χ2v) is 7.38. The SMILES string of the molecule is CCCCCCCCCCCCCC(=O)Nc1ccc(Cl)c([N]CC)c1. The van der Waals surface area contributed by atoms with Crippen LogP contribution in [0.2, 0.25) is 5.02 Å². The summed E-state index contributed by atoms with van der Waals surface area (Å²) in [6.07, 6.45) is 14.8. The summed E-state index contributed by atoms with van der Waals surface area (Å²) in [6, 6.07) is 5.45. The Bertz CT molecular complexity index is 505. The molecule has 0 saturated heterocycles. The molecule has 0 aliphatic heterocycles. The predicted molar refractivity (Wildman–Crippen MR) is 113 cm³/mol. The lowest BCUT2D eigenvalue weighted by atomic mass is 10.1. The second kappa shape index (κ2) is 14.9. The Hall–Kier alpha value is -1.22. The molecule has 0 bridgehead atoms. The number of hydrogen-bond donors (Lipinski definition) is 1. The maximum atomic E-state index is 12.1. The van der Waals surface area contributed by atoms with Gasteiger partial charge in [0.1, 0.15) is 0 Å². The van der Waals surface area contributed by atoms with Gasteiger partial charge in [0.25, 0.3) is 0 Å². The van der Waals surface area contributed by atoms with E-state index < -0.39 is 0 Å². The number of benzene rings is 1. The van der Waals surface area contributed by atoms with Crippen molar-refractivity contribution in [1.82, 2.24) is 5.32 Å². The van der Waals surface area contributed by atoms with Crippen molar-refractivity contribution < 1.29 is 4.79 Å². The molecule has 0 aliphatic rings. The molecule has 1 amide bonds. The first kappa shape index (κ1) is 22.8. The summed E-state index contributed by atoms with van der Waals surface area (Å²) < 4.78 is 0. The van der Waals surface area contributed by atoms with E-state index in [0.717, 1.165) is 24.2 Å². The summed E-state index contributed by atoms with van der Waals surface area (Å²) in [7, 11) is 0. The Kier molecular flexibility index (Phi) is 13.1. The minimum atomic E-state index is 0.0747.